The molecule has 0 radical (unpaired) electrons. The summed E-state index contributed by atoms with van der Waals surface area (Å²) in [5.74, 6) is 1.25. The Hall–Kier alpha value is -3.38. The first-order valence-corrected chi connectivity index (χ1v) is 12.0. The molecule has 1 aromatic heterocycles. The predicted octanol–water partition coefficient (Wildman–Crippen LogP) is 6.79. The van der Waals surface area contributed by atoms with Gasteiger partial charge < -0.3 is 14.8 Å². The second-order valence-electron chi connectivity index (χ2n) is 8.08. The number of aromatic nitrogens is 2. The van der Waals surface area contributed by atoms with Gasteiger partial charge in [-0.1, -0.05) is 72.2 Å². The van der Waals surface area contributed by atoms with E-state index in [9.17, 15) is 4.79 Å². The highest BCUT2D eigenvalue weighted by Gasteiger charge is 2.40. The molecule has 1 atom stereocenters. The SMILES string of the molecule is CCc1ccc(-c2nc3c(c(=O)[nH]2)N(c2ccc(Br)cc2)C(CC)N3c2ccccc2)cc1. The first-order valence-electron chi connectivity index (χ1n) is 11.2. The van der Waals surface area contributed by atoms with Crippen LogP contribution in [0.5, 0.6) is 0 Å². The molecule has 0 amide bonds. The minimum atomic E-state index is -0.144. The Bertz CT molecular complexity index is 1320. The van der Waals surface area contributed by atoms with Crippen LogP contribution in [-0.4, -0.2) is 16.1 Å². The number of H-pyrrole nitrogens is 1. The zero-order valence-corrected chi connectivity index (χ0v) is 20.2. The van der Waals surface area contributed by atoms with E-state index in [4.69, 9.17) is 4.98 Å². The lowest BCUT2D eigenvalue weighted by Crippen LogP contribution is -2.38. The summed E-state index contributed by atoms with van der Waals surface area (Å²) in [7, 11) is 0. The maximum Gasteiger partial charge on any atom is 0.277 e. The summed E-state index contributed by atoms with van der Waals surface area (Å²) in [5, 5.41) is 0. The molecule has 0 saturated carbocycles. The maximum absolute atomic E-state index is 13.5. The molecule has 4 aromatic rings. The second-order valence-corrected chi connectivity index (χ2v) is 8.99. The molecule has 3 aromatic carbocycles. The molecule has 0 spiro atoms. The van der Waals surface area contributed by atoms with Crippen LogP contribution < -0.4 is 15.4 Å². The van der Waals surface area contributed by atoms with Crippen LogP contribution in [0.4, 0.5) is 22.9 Å². The van der Waals surface area contributed by atoms with Crippen LogP contribution in [0.25, 0.3) is 11.4 Å². The highest BCUT2D eigenvalue weighted by atomic mass is 79.9. The Morgan fingerprint density at radius 3 is 2.18 bits per heavy atom. The van der Waals surface area contributed by atoms with Gasteiger partial charge >= 0.3 is 0 Å². The lowest BCUT2D eigenvalue weighted by molar-refractivity contribution is 0.664. The van der Waals surface area contributed by atoms with Crippen molar-refractivity contribution in [3.8, 4) is 11.4 Å². The van der Waals surface area contributed by atoms with Crippen molar-refractivity contribution < 1.29 is 0 Å². The Kier molecular flexibility index (Phi) is 5.77. The third kappa shape index (κ3) is 3.85. The lowest BCUT2D eigenvalue weighted by atomic mass is 10.1. The molecule has 2 heterocycles. The number of nitrogens with one attached hydrogen (secondary N) is 1. The van der Waals surface area contributed by atoms with E-state index in [2.05, 4.69) is 68.8 Å². The number of fused-ring (bicyclic) bond motifs is 1. The smallest absolute Gasteiger partial charge is 0.277 e. The number of benzene rings is 3. The largest absolute Gasteiger partial charge is 0.312 e. The summed E-state index contributed by atoms with van der Waals surface area (Å²) < 4.78 is 0.997. The number of hydrogen-bond acceptors (Lipinski definition) is 4. The Morgan fingerprint density at radius 2 is 1.55 bits per heavy atom. The molecule has 0 bridgehead atoms. The van der Waals surface area contributed by atoms with Gasteiger partial charge in [0.25, 0.3) is 5.56 Å². The number of aryl methyl sites for hydroxylation is 1. The molecule has 0 aliphatic carbocycles. The molecule has 166 valence electrons. The molecule has 6 heteroatoms. The van der Waals surface area contributed by atoms with E-state index in [0.717, 1.165) is 34.3 Å². The van der Waals surface area contributed by atoms with Crippen LogP contribution in [0.2, 0.25) is 0 Å². The number of hydrogen-bond donors (Lipinski definition) is 1. The fourth-order valence-corrected chi connectivity index (χ4v) is 4.70. The van der Waals surface area contributed by atoms with Gasteiger partial charge in [0, 0.05) is 21.4 Å². The van der Waals surface area contributed by atoms with Crippen molar-refractivity contribution in [2.24, 2.45) is 0 Å². The van der Waals surface area contributed by atoms with Crippen LogP contribution in [0, 0.1) is 0 Å². The van der Waals surface area contributed by atoms with E-state index in [0.29, 0.717) is 17.3 Å². The summed E-state index contributed by atoms with van der Waals surface area (Å²) in [6, 6.07) is 26.4. The van der Waals surface area contributed by atoms with Gasteiger partial charge in [-0.05, 0) is 54.8 Å². The third-order valence-electron chi connectivity index (χ3n) is 6.08. The predicted molar refractivity (Wildman–Crippen MR) is 139 cm³/mol. The highest BCUT2D eigenvalue weighted by Crippen LogP contribution is 2.46. The van der Waals surface area contributed by atoms with Crippen molar-refractivity contribution >= 4 is 38.8 Å². The molecule has 1 N–H and O–H groups in total. The number of halogens is 1. The zero-order valence-electron chi connectivity index (χ0n) is 18.6. The number of para-hydroxylation sites is 1. The number of anilines is 4. The molecule has 1 aliphatic heterocycles. The van der Waals surface area contributed by atoms with Gasteiger partial charge in [-0.15, -0.1) is 0 Å². The van der Waals surface area contributed by atoms with Gasteiger partial charge in [-0.2, -0.15) is 0 Å². The topological polar surface area (TPSA) is 52.2 Å². The minimum absolute atomic E-state index is 0.0742. The fourth-order valence-electron chi connectivity index (χ4n) is 4.43. The fraction of sp³-hybridized carbons (Fsp3) is 0.185. The summed E-state index contributed by atoms with van der Waals surface area (Å²) in [4.78, 5) is 25.9. The number of rotatable bonds is 5. The highest BCUT2D eigenvalue weighted by molar-refractivity contribution is 9.10. The van der Waals surface area contributed by atoms with Crippen molar-refractivity contribution in [1.82, 2.24) is 9.97 Å². The zero-order chi connectivity index (χ0) is 22.9. The van der Waals surface area contributed by atoms with E-state index in [1.807, 2.05) is 54.6 Å². The van der Waals surface area contributed by atoms with Crippen LogP contribution >= 0.6 is 15.9 Å². The Balaban J connectivity index is 1.72. The van der Waals surface area contributed by atoms with Crippen molar-refractivity contribution in [3.05, 3.63) is 99.3 Å². The van der Waals surface area contributed by atoms with Gasteiger partial charge in [-0.25, -0.2) is 4.98 Å². The molecule has 0 saturated heterocycles. The second kappa shape index (κ2) is 8.87. The average molecular weight is 501 g/mol. The number of nitrogens with zero attached hydrogens (tertiary/aromatic N) is 3. The van der Waals surface area contributed by atoms with E-state index >= 15 is 0 Å². The monoisotopic (exact) mass is 500 g/mol. The molecule has 5 rings (SSSR count). The van der Waals surface area contributed by atoms with Crippen molar-refractivity contribution in [2.75, 3.05) is 9.80 Å². The molecule has 1 aliphatic rings. The molecular weight excluding hydrogens is 476 g/mol. The van der Waals surface area contributed by atoms with Gasteiger partial charge in [0.1, 0.15) is 12.0 Å². The van der Waals surface area contributed by atoms with E-state index in [-0.39, 0.29) is 11.7 Å². The Morgan fingerprint density at radius 1 is 0.879 bits per heavy atom. The molecule has 1 unspecified atom stereocenters. The van der Waals surface area contributed by atoms with E-state index < -0.39 is 0 Å². The van der Waals surface area contributed by atoms with Gasteiger partial charge in [0.05, 0.1) is 0 Å². The lowest BCUT2D eigenvalue weighted by Gasteiger charge is -2.31. The molecular formula is C27H25BrN4O. The van der Waals surface area contributed by atoms with Crippen molar-refractivity contribution in [1.29, 1.82) is 0 Å². The Labute approximate surface area is 201 Å². The third-order valence-corrected chi connectivity index (χ3v) is 6.61. The standard InChI is InChI=1S/C27H25BrN4O/c1-3-18-10-12-19(13-11-18)25-29-26-24(27(33)30-25)31(22-16-14-20(28)15-17-22)23(4-2)32(26)21-8-6-5-7-9-21/h5-17,23H,3-4H2,1-2H3,(H,29,30,33). The first-order chi connectivity index (χ1) is 16.1. The van der Waals surface area contributed by atoms with Crippen LogP contribution in [0.1, 0.15) is 25.8 Å². The van der Waals surface area contributed by atoms with Crippen LogP contribution in [0.3, 0.4) is 0 Å². The summed E-state index contributed by atoms with van der Waals surface area (Å²) in [5.41, 5.74) is 4.54. The average Bonchev–Trinajstić information content (AvgIpc) is 3.20. The van der Waals surface area contributed by atoms with E-state index in [1.165, 1.54) is 5.56 Å². The van der Waals surface area contributed by atoms with Crippen LogP contribution in [-0.2, 0) is 6.42 Å². The molecule has 33 heavy (non-hydrogen) atoms. The quantitative estimate of drug-likeness (QED) is 0.327. The molecule has 0 fully saturated rings. The summed E-state index contributed by atoms with van der Waals surface area (Å²) in [6.45, 7) is 4.26. The van der Waals surface area contributed by atoms with Gasteiger partial charge in [0.15, 0.2) is 11.5 Å². The van der Waals surface area contributed by atoms with Gasteiger partial charge in [0.2, 0.25) is 0 Å². The maximum atomic E-state index is 13.5. The first kappa shape index (κ1) is 21.5. The van der Waals surface area contributed by atoms with Crippen LogP contribution in [0.15, 0.2) is 88.1 Å². The summed E-state index contributed by atoms with van der Waals surface area (Å²) in [6.07, 6.45) is 1.70. The van der Waals surface area contributed by atoms with Crippen molar-refractivity contribution in [3.63, 3.8) is 0 Å². The van der Waals surface area contributed by atoms with Gasteiger partial charge in [-0.3, -0.25) is 4.79 Å². The molecule has 5 nitrogen and oxygen atoms in total. The normalized spacial score (nSPS) is 15.1. The minimum Gasteiger partial charge on any atom is -0.312 e. The number of aromatic amines is 1. The summed E-state index contributed by atoms with van der Waals surface area (Å²) >= 11 is 3.52. The van der Waals surface area contributed by atoms with E-state index in [1.54, 1.807) is 0 Å². The van der Waals surface area contributed by atoms with Crippen molar-refractivity contribution in [2.45, 2.75) is 32.9 Å².